The van der Waals surface area contributed by atoms with Crippen molar-refractivity contribution in [2.45, 2.75) is 32.5 Å². The van der Waals surface area contributed by atoms with Crippen molar-refractivity contribution in [3.8, 4) is 0 Å². The van der Waals surface area contributed by atoms with Crippen LogP contribution in [0.25, 0.3) is 0 Å². The standard InChI is InChI=1S/C11H16F3N3/c1-8-5-10(11(12,13)14)16-17(8)7-9-3-2-4-15-6-9/h5,9,15H,2-4,6-7H2,1H3. The molecule has 1 N–H and O–H groups in total. The highest BCUT2D eigenvalue weighted by Gasteiger charge is 2.34. The van der Waals surface area contributed by atoms with Crippen LogP contribution in [0.5, 0.6) is 0 Å². The van der Waals surface area contributed by atoms with Crippen LogP contribution in [0.3, 0.4) is 0 Å². The summed E-state index contributed by atoms with van der Waals surface area (Å²) in [4.78, 5) is 0. The molecule has 0 radical (unpaired) electrons. The predicted molar refractivity (Wildman–Crippen MR) is 57.6 cm³/mol. The summed E-state index contributed by atoms with van der Waals surface area (Å²) in [5.41, 5.74) is -0.221. The maximum absolute atomic E-state index is 12.5. The van der Waals surface area contributed by atoms with E-state index in [4.69, 9.17) is 0 Å². The van der Waals surface area contributed by atoms with Gasteiger partial charge in [0.15, 0.2) is 5.69 Å². The summed E-state index contributed by atoms with van der Waals surface area (Å²) in [6.45, 7) is 4.09. The lowest BCUT2D eigenvalue weighted by Crippen LogP contribution is -2.32. The van der Waals surface area contributed by atoms with Crippen molar-refractivity contribution < 1.29 is 13.2 Å². The molecule has 1 aliphatic rings. The van der Waals surface area contributed by atoms with Gasteiger partial charge in [0, 0.05) is 12.2 Å². The third-order valence-corrected chi connectivity index (χ3v) is 3.10. The van der Waals surface area contributed by atoms with Gasteiger partial charge in [0.1, 0.15) is 0 Å². The lowest BCUT2D eigenvalue weighted by Gasteiger charge is -2.23. The predicted octanol–water partition coefficient (Wildman–Crippen LogP) is 2.21. The van der Waals surface area contributed by atoms with Gasteiger partial charge < -0.3 is 5.32 Å². The number of aromatic nitrogens is 2. The van der Waals surface area contributed by atoms with E-state index in [9.17, 15) is 13.2 Å². The van der Waals surface area contributed by atoms with Crippen molar-refractivity contribution in [2.24, 2.45) is 5.92 Å². The first-order valence-electron chi connectivity index (χ1n) is 5.79. The van der Waals surface area contributed by atoms with Gasteiger partial charge in [0.05, 0.1) is 0 Å². The summed E-state index contributed by atoms with van der Waals surface area (Å²) in [5.74, 6) is 0.378. The molecule has 96 valence electrons. The van der Waals surface area contributed by atoms with Crippen molar-refractivity contribution in [2.75, 3.05) is 13.1 Å². The van der Waals surface area contributed by atoms with Gasteiger partial charge in [0.25, 0.3) is 0 Å². The van der Waals surface area contributed by atoms with Gasteiger partial charge in [-0.3, -0.25) is 4.68 Å². The molecule has 1 aromatic heterocycles. The minimum absolute atomic E-state index is 0.378. The summed E-state index contributed by atoms with van der Waals surface area (Å²) in [6.07, 6.45) is -2.22. The molecule has 0 amide bonds. The number of aryl methyl sites for hydroxylation is 1. The van der Waals surface area contributed by atoms with E-state index < -0.39 is 11.9 Å². The fourth-order valence-corrected chi connectivity index (χ4v) is 2.16. The maximum Gasteiger partial charge on any atom is 0.435 e. The molecule has 1 saturated heterocycles. The number of nitrogens with one attached hydrogen (secondary N) is 1. The maximum atomic E-state index is 12.5. The number of hydrogen-bond acceptors (Lipinski definition) is 2. The zero-order valence-corrected chi connectivity index (χ0v) is 9.72. The van der Waals surface area contributed by atoms with E-state index in [1.54, 1.807) is 6.92 Å². The average molecular weight is 247 g/mol. The molecule has 1 fully saturated rings. The summed E-state index contributed by atoms with van der Waals surface area (Å²) in [7, 11) is 0. The molecule has 3 nitrogen and oxygen atoms in total. The van der Waals surface area contributed by atoms with Crippen LogP contribution in [-0.4, -0.2) is 22.9 Å². The topological polar surface area (TPSA) is 29.9 Å². The Morgan fingerprint density at radius 2 is 2.29 bits per heavy atom. The number of piperidine rings is 1. The van der Waals surface area contributed by atoms with Crippen molar-refractivity contribution in [1.82, 2.24) is 15.1 Å². The summed E-state index contributed by atoms with van der Waals surface area (Å²) in [5, 5.41) is 6.89. The number of alkyl halides is 3. The van der Waals surface area contributed by atoms with E-state index in [-0.39, 0.29) is 0 Å². The van der Waals surface area contributed by atoms with Crippen molar-refractivity contribution in [1.29, 1.82) is 0 Å². The van der Waals surface area contributed by atoms with E-state index in [0.717, 1.165) is 32.0 Å². The number of halogens is 3. The van der Waals surface area contributed by atoms with Crippen molar-refractivity contribution in [3.05, 3.63) is 17.5 Å². The molecule has 0 saturated carbocycles. The van der Waals surface area contributed by atoms with E-state index in [0.29, 0.717) is 18.2 Å². The Morgan fingerprint density at radius 1 is 1.53 bits per heavy atom. The molecule has 0 aromatic carbocycles. The third-order valence-electron chi connectivity index (χ3n) is 3.10. The fourth-order valence-electron chi connectivity index (χ4n) is 2.16. The van der Waals surface area contributed by atoms with Gasteiger partial charge in [-0.2, -0.15) is 18.3 Å². The van der Waals surface area contributed by atoms with Crippen LogP contribution in [0.1, 0.15) is 24.2 Å². The highest BCUT2D eigenvalue weighted by atomic mass is 19.4. The fraction of sp³-hybridized carbons (Fsp3) is 0.727. The molecule has 0 aliphatic carbocycles. The van der Waals surface area contributed by atoms with Gasteiger partial charge in [0.2, 0.25) is 0 Å². The first-order valence-corrected chi connectivity index (χ1v) is 5.79. The quantitative estimate of drug-likeness (QED) is 0.868. The second kappa shape index (κ2) is 4.68. The average Bonchev–Trinajstić information content (AvgIpc) is 2.62. The lowest BCUT2D eigenvalue weighted by atomic mass is 10.00. The first-order chi connectivity index (χ1) is 7.97. The highest BCUT2D eigenvalue weighted by molar-refractivity contribution is 5.11. The zero-order valence-electron chi connectivity index (χ0n) is 9.72. The zero-order chi connectivity index (χ0) is 12.5. The summed E-state index contributed by atoms with van der Waals surface area (Å²) >= 11 is 0. The van der Waals surface area contributed by atoms with E-state index in [2.05, 4.69) is 10.4 Å². The molecule has 1 aliphatic heterocycles. The second-order valence-electron chi connectivity index (χ2n) is 4.56. The monoisotopic (exact) mass is 247 g/mol. The van der Waals surface area contributed by atoms with E-state index in [1.165, 1.54) is 4.68 Å². The van der Waals surface area contributed by atoms with Crippen LogP contribution in [0.15, 0.2) is 6.07 Å². The van der Waals surface area contributed by atoms with Gasteiger partial charge in [-0.1, -0.05) is 0 Å². The van der Waals surface area contributed by atoms with Gasteiger partial charge in [-0.25, -0.2) is 0 Å². The van der Waals surface area contributed by atoms with Crippen LogP contribution in [0, 0.1) is 12.8 Å². The second-order valence-corrected chi connectivity index (χ2v) is 4.56. The van der Waals surface area contributed by atoms with E-state index >= 15 is 0 Å². The smallest absolute Gasteiger partial charge is 0.316 e. The number of rotatable bonds is 2. The van der Waals surface area contributed by atoms with Crippen molar-refractivity contribution >= 4 is 0 Å². The van der Waals surface area contributed by atoms with Crippen LogP contribution < -0.4 is 5.32 Å². The molecule has 17 heavy (non-hydrogen) atoms. The normalized spacial score (nSPS) is 21.8. The molecule has 1 unspecified atom stereocenters. The molecule has 0 spiro atoms. The Morgan fingerprint density at radius 3 is 2.82 bits per heavy atom. The molecule has 0 bridgehead atoms. The first kappa shape index (κ1) is 12.4. The SMILES string of the molecule is Cc1cc(C(F)(F)F)nn1CC1CCCNC1. The van der Waals surface area contributed by atoms with Gasteiger partial charge in [-0.05, 0) is 44.8 Å². The summed E-state index contributed by atoms with van der Waals surface area (Å²) < 4.78 is 38.9. The van der Waals surface area contributed by atoms with Crippen LogP contribution in [0.2, 0.25) is 0 Å². The molecular weight excluding hydrogens is 231 g/mol. The highest BCUT2D eigenvalue weighted by Crippen LogP contribution is 2.28. The largest absolute Gasteiger partial charge is 0.435 e. The Kier molecular flexibility index (Phi) is 3.42. The third kappa shape index (κ3) is 3.00. The molecule has 2 rings (SSSR count). The minimum Gasteiger partial charge on any atom is -0.316 e. The Balaban J connectivity index is 2.07. The number of nitrogens with zero attached hydrogens (tertiary/aromatic N) is 2. The van der Waals surface area contributed by atoms with Crippen LogP contribution in [0.4, 0.5) is 13.2 Å². The lowest BCUT2D eigenvalue weighted by molar-refractivity contribution is -0.141. The number of hydrogen-bond donors (Lipinski definition) is 1. The van der Waals surface area contributed by atoms with Crippen LogP contribution >= 0.6 is 0 Å². The van der Waals surface area contributed by atoms with Crippen molar-refractivity contribution in [3.63, 3.8) is 0 Å². The molecule has 6 heteroatoms. The Hall–Kier alpha value is -1.04. The Labute approximate surface area is 98.0 Å². The Bertz CT molecular complexity index is 378. The minimum atomic E-state index is -4.35. The van der Waals surface area contributed by atoms with Gasteiger partial charge >= 0.3 is 6.18 Å². The summed E-state index contributed by atoms with van der Waals surface area (Å²) in [6, 6.07) is 1.11. The molecule has 2 heterocycles. The molecule has 1 aromatic rings. The van der Waals surface area contributed by atoms with E-state index in [1.807, 2.05) is 0 Å². The van der Waals surface area contributed by atoms with Crippen LogP contribution in [-0.2, 0) is 12.7 Å². The molecule has 1 atom stereocenters. The van der Waals surface area contributed by atoms with Gasteiger partial charge in [-0.15, -0.1) is 0 Å². The molecular formula is C11H16F3N3.